The number of ether oxygens (including phenoxy) is 1. The minimum Gasteiger partial charge on any atom is -0.478 e. The highest BCUT2D eigenvalue weighted by atomic mass is 16.5. The average Bonchev–Trinajstić information content (AvgIpc) is 2.31. The quantitative estimate of drug-likeness (QED) is 0.763. The van der Waals surface area contributed by atoms with E-state index in [0.29, 0.717) is 11.9 Å². The predicted octanol–water partition coefficient (Wildman–Crippen LogP) is 0.649. The lowest BCUT2D eigenvalue weighted by Crippen LogP contribution is -2.35. The Morgan fingerprint density at radius 3 is 2.80 bits per heavy atom. The fourth-order valence-electron chi connectivity index (χ4n) is 1.73. The monoisotopic (exact) mass is 208 g/mol. The first-order chi connectivity index (χ1) is 7.40. The third-order valence-electron chi connectivity index (χ3n) is 2.54. The van der Waals surface area contributed by atoms with Crippen LogP contribution in [0.5, 0.6) is 5.88 Å². The van der Waals surface area contributed by atoms with E-state index in [1.54, 1.807) is 19.5 Å². The highest BCUT2D eigenvalue weighted by Crippen LogP contribution is 2.19. The summed E-state index contributed by atoms with van der Waals surface area (Å²) in [6, 6.07) is 0.469. The normalized spacial score (nSPS) is 17.4. The Morgan fingerprint density at radius 1 is 1.33 bits per heavy atom. The van der Waals surface area contributed by atoms with Crippen LogP contribution in [0.25, 0.3) is 0 Å². The van der Waals surface area contributed by atoms with Gasteiger partial charge in [-0.2, -0.15) is 0 Å². The van der Waals surface area contributed by atoms with Gasteiger partial charge < -0.3 is 15.4 Å². The highest BCUT2D eigenvalue weighted by Gasteiger charge is 2.15. The van der Waals surface area contributed by atoms with Gasteiger partial charge in [0.15, 0.2) is 5.82 Å². The SMILES string of the molecule is COc1nccnc1NC1CCNCC1. The first kappa shape index (κ1) is 10.2. The molecule has 1 aliphatic rings. The highest BCUT2D eigenvalue weighted by molar-refractivity contribution is 5.45. The number of methoxy groups -OCH3 is 1. The molecule has 1 saturated heterocycles. The first-order valence-corrected chi connectivity index (χ1v) is 5.22. The summed E-state index contributed by atoms with van der Waals surface area (Å²) in [6.07, 6.45) is 5.53. The molecular formula is C10H16N4O. The Morgan fingerprint density at radius 2 is 2.07 bits per heavy atom. The van der Waals surface area contributed by atoms with Gasteiger partial charge in [0, 0.05) is 18.4 Å². The molecule has 0 bridgehead atoms. The molecule has 0 atom stereocenters. The number of nitrogens with one attached hydrogen (secondary N) is 2. The fraction of sp³-hybridized carbons (Fsp3) is 0.600. The topological polar surface area (TPSA) is 59.1 Å². The second-order valence-electron chi connectivity index (χ2n) is 3.58. The molecule has 15 heavy (non-hydrogen) atoms. The summed E-state index contributed by atoms with van der Waals surface area (Å²) < 4.78 is 5.14. The zero-order valence-corrected chi connectivity index (χ0v) is 8.86. The summed E-state index contributed by atoms with van der Waals surface area (Å²) in [4.78, 5) is 8.32. The van der Waals surface area contributed by atoms with Gasteiger partial charge in [0.25, 0.3) is 5.88 Å². The molecule has 0 amide bonds. The van der Waals surface area contributed by atoms with Crippen LogP contribution in [0.3, 0.4) is 0 Å². The maximum atomic E-state index is 5.14. The molecule has 0 saturated carbocycles. The van der Waals surface area contributed by atoms with Gasteiger partial charge in [-0.1, -0.05) is 0 Å². The van der Waals surface area contributed by atoms with E-state index in [1.165, 1.54) is 0 Å². The van der Waals surface area contributed by atoms with Crippen molar-refractivity contribution >= 4 is 5.82 Å². The van der Waals surface area contributed by atoms with E-state index in [9.17, 15) is 0 Å². The Bertz CT molecular complexity index is 312. The lowest BCUT2D eigenvalue weighted by atomic mass is 10.1. The summed E-state index contributed by atoms with van der Waals surface area (Å²) in [5.74, 6) is 1.31. The number of hydrogen-bond acceptors (Lipinski definition) is 5. The average molecular weight is 208 g/mol. The Balaban J connectivity index is 2.02. The van der Waals surface area contributed by atoms with Gasteiger partial charge in [0.1, 0.15) is 0 Å². The van der Waals surface area contributed by atoms with Crippen molar-refractivity contribution in [3.8, 4) is 5.88 Å². The van der Waals surface area contributed by atoms with Crippen LogP contribution in [-0.2, 0) is 0 Å². The van der Waals surface area contributed by atoms with Crippen LogP contribution >= 0.6 is 0 Å². The van der Waals surface area contributed by atoms with Crippen molar-refractivity contribution < 1.29 is 4.74 Å². The Labute approximate surface area is 89.3 Å². The van der Waals surface area contributed by atoms with Crippen LogP contribution in [0.15, 0.2) is 12.4 Å². The Kier molecular flexibility index (Phi) is 3.34. The van der Waals surface area contributed by atoms with Crippen molar-refractivity contribution in [2.45, 2.75) is 18.9 Å². The van der Waals surface area contributed by atoms with Gasteiger partial charge in [0.05, 0.1) is 7.11 Å². The van der Waals surface area contributed by atoms with Gasteiger partial charge in [-0.25, -0.2) is 9.97 Å². The van der Waals surface area contributed by atoms with Crippen LogP contribution < -0.4 is 15.4 Å². The van der Waals surface area contributed by atoms with Gasteiger partial charge in [0.2, 0.25) is 0 Å². The minimum absolute atomic E-state index is 0.469. The summed E-state index contributed by atoms with van der Waals surface area (Å²) in [7, 11) is 1.61. The molecule has 82 valence electrons. The summed E-state index contributed by atoms with van der Waals surface area (Å²) in [6.45, 7) is 2.11. The van der Waals surface area contributed by atoms with Crippen LogP contribution in [-0.4, -0.2) is 36.2 Å². The molecule has 1 aliphatic heterocycles. The van der Waals surface area contributed by atoms with Crippen molar-refractivity contribution in [3.63, 3.8) is 0 Å². The zero-order valence-electron chi connectivity index (χ0n) is 8.86. The molecule has 1 aromatic rings. The molecule has 1 fully saturated rings. The van der Waals surface area contributed by atoms with Crippen molar-refractivity contribution in [1.82, 2.24) is 15.3 Å². The molecule has 5 heteroatoms. The van der Waals surface area contributed by atoms with Gasteiger partial charge >= 0.3 is 0 Å². The van der Waals surface area contributed by atoms with Crippen LogP contribution in [0.1, 0.15) is 12.8 Å². The molecule has 5 nitrogen and oxygen atoms in total. The molecule has 0 spiro atoms. The molecule has 0 aromatic carbocycles. The molecule has 0 unspecified atom stereocenters. The number of rotatable bonds is 3. The van der Waals surface area contributed by atoms with E-state index in [0.717, 1.165) is 31.7 Å². The molecule has 0 radical (unpaired) electrons. The number of nitrogens with zero attached hydrogens (tertiary/aromatic N) is 2. The molecule has 2 heterocycles. The van der Waals surface area contributed by atoms with E-state index < -0.39 is 0 Å². The molecule has 2 rings (SSSR count). The molecule has 0 aliphatic carbocycles. The Hall–Kier alpha value is -1.36. The van der Waals surface area contributed by atoms with Crippen LogP contribution in [0.4, 0.5) is 5.82 Å². The number of aromatic nitrogens is 2. The van der Waals surface area contributed by atoms with Gasteiger partial charge in [-0.15, -0.1) is 0 Å². The smallest absolute Gasteiger partial charge is 0.257 e. The number of piperidine rings is 1. The summed E-state index contributed by atoms with van der Waals surface area (Å²) in [5.41, 5.74) is 0. The summed E-state index contributed by atoms with van der Waals surface area (Å²) >= 11 is 0. The lowest BCUT2D eigenvalue weighted by molar-refractivity contribution is 0.395. The van der Waals surface area contributed by atoms with Gasteiger partial charge in [-0.3, -0.25) is 0 Å². The van der Waals surface area contributed by atoms with Crippen LogP contribution in [0, 0.1) is 0 Å². The second kappa shape index (κ2) is 4.93. The standard InChI is InChI=1S/C10H16N4O/c1-15-10-9(12-6-7-13-10)14-8-2-4-11-5-3-8/h6-8,11H,2-5H2,1H3,(H,12,14). The third-order valence-corrected chi connectivity index (χ3v) is 2.54. The summed E-state index contributed by atoms with van der Waals surface area (Å²) in [5, 5.41) is 6.68. The van der Waals surface area contributed by atoms with E-state index in [1.807, 2.05) is 0 Å². The molecule has 2 N–H and O–H groups in total. The predicted molar refractivity (Wildman–Crippen MR) is 58.1 cm³/mol. The van der Waals surface area contributed by atoms with E-state index in [2.05, 4.69) is 20.6 Å². The van der Waals surface area contributed by atoms with Crippen molar-refractivity contribution in [1.29, 1.82) is 0 Å². The number of anilines is 1. The zero-order chi connectivity index (χ0) is 10.5. The van der Waals surface area contributed by atoms with Crippen molar-refractivity contribution in [2.24, 2.45) is 0 Å². The largest absolute Gasteiger partial charge is 0.478 e. The fourth-order valence-corrected chi connectivity index (χ4v) is 1.73. The molecular weight excluding hydrogens is 192 g/mol. The second-order valence-corrected chi connectivity index (χ2v) is 3.58. The minimum atomic E-state index is 0.469. The van der Waals surface area contributed by atoms with Crippen LogP contribution in [0.2, 0.25) is 0 Å². The lowest BCUT2D eigenvalue weighted by Gasteiger charge is -2.24. The van der Waals surface area contributed by atoms with Gasteiger partial charge in [-0.05, 0) is 25.9 Å². The van der Waals surface area contributed by atoms with E-state index in [4.69, 9.17) is 4.74 Å². The van der Waals surface area contributed by atoms with E-state index in [-0.39, 0.29) is 0 Å². The third kappa shape index (κ3) is 2.56. The maximum Gasteiger partial charge on any atom is 0.257 e. The van der Waals surface area contributed by atoms with E-state index >= 15 is 0 Å². The maximum absolute atomic E-state index is 5.14. The van der Waals surface area contributed by atoms with Crippen molar-refractivity contribution in [2.75, 3.05) is 25.5 Å². The molecule has 1 aromatic heterocycles. The first-order valence-electron chi connectivity index (χ1n) is 5.22. The van der Waals surface area contributed by atoms with Crippen molar-refractivity contribution in [3.05, 3.63) is 12.4 Å². The number of hydrogen-bond donors (Lipinski definition) is 2.